The molecule has 0 aromatic heterocycles. The average Bonchev–Trinajstić information content (AvgIpc) is 3.29. The van der Waals surface area contributed by atoms with E-state index in [9.17, 15) is 95.5 Å². The molecule has 69 heavy (non-hydrogen) atoms. The molecule has 0 aliphatic carbocycles. The Hall–Kier alpha value is -9.23. The van der Waals surface area contributed by atoms with E-state index in [0.717, 1.165) is 25.1 Å². The minimum Gasteiger partial charge on any atom is -0.509 e. The smallest absolute Gasteiger partial charge is 0.340 e. The van der Waals surface area contributed by atoms with Gasteiger partial charge in [0.15, 0.2) is 69.7 Å². The highest BCUT2D eigenvalue weighted by molar-refractivity contribution is 5.94. The molecule has 1 aliphatic heterocycles. The van der Waals surface area contributed by atoms with Gasteiger partial charge in [0.25, 0.3) is 0 Å². The van der Waals surface area contributed by atoms with Crippen LogP contribution in [-0.2, 0) is 39.8 Å². The first-order valence-electron chi connectivity index (χ1n) is 19.4. The summed E-state index contributed by atoms with van der Waals surface area (Å²) in [5.41, 5.74) is -4.11. The highest BCUT2D eigenvalue weighted by Gasteiger charge is 2.55. The van der Waals surface area contributed by atoms with Crippen molar-refractivity contribution in [1.29, 1.82) is 0 Å². The van der Waals surface area contributed by atoms with Crippen LogP contribution in [0.25, 0.3) is 0 Å². The Morgan fingerprint density at radius 1 is 0.580 bits per heavy atom. The van der Waals surface area contributed by atoms with Crippen molar-refractivity contribution < 1.29 is 124 Å². The lowest BCUT2D eigenvalue weighted by molar-refractivity contribution is -0.286. The molecule has 1 saturated heterocycles. The largest absolute Gasteiger partial charge is 0.509 e. The Balaban J connectivity index is 1.72. The van der Waals surface area contributed by atoms with Crippen molar-refractivity contribution in [3.63, 3.8) is 0 Å². The predicted molar refractivity (Wildman–Crippen MR) is 224 cm³/mol. The Bertz CT molecular complexity index is 2730. The van der Waals surface area contributed by atoms with Crippen LogP contribution in [0.2, 0.25) is 0 Å². The van der Waals surface area contributed by atoms with Crippen LogP contribution in [-0.4, -0.2) is 139 Å². The van der Waals surface area contributed by atoms with E-state index in [1.807, 2.05) is 0 Å². The number of phenols is 10. The van der Waals surface area contributed by atoms with Crippen LogP contribution in [0.3, 0.4) is 0 Å². The van der Waals surface area contributed by atoms with Crippen molar-refractivity contribution in [2.24, 2.45) is 0 Å². The first kappa shape index (κ1) is 50.8. The van der Waals surface area contributed by atoms with Crippen molar-refractivity contribution in [2.45, 2.75) is 51.2 Å². The third-order valence-corrected chi connectivity index (χ3v) is 9.86. The summed E-state index contributed by atoms with van der Waals surface area (Å²) in [6, 6.07) is 5.44. The van der Waals surface area contributed by atoms with Crippen molar-refractivity contribution in [2.75, 3.05) is 6.61 Å². The third-order valence-electron chi connectivity index (χ3n) is 9.86. The Morgan fingerprint density at radius 3 is 1.46 bits per heavy atom. The molecule has 1 aliphatic rings. The van der Waals surface area contributed by atoms with Gasteiger partial charge in [0.05, 0.1) is 34.4 Å². The second-order valence-electron chi connectivity index (χ2n) is 14.7. The number of esters is 5. The number of aliphatic hydroxyl groups excluding tert-OH is 4. The number of rotatable bonds is 14. The maximum Gasteiger partial charge on any atom is 0.340 e. The maximum absolute atomic E-state index is 14.0. The summed E-state index contributed by atoms with van der Waals surface area (Å²) < 4.78 is 33.6. The lowest BCUT2D eigenvalue weighted by atomic mass is 9.97. The summed E-state index contributed by atoms with van der Waals surface area (Å²) in [7, 11) is 0. The molecule has 1 fully saturated rings. The fraction of sp³-hybridized carbons (Fsp3) is 0.205. The van der Waals surface area contributed by atoms with Gasteiger partial charge < -0.3 is 99.9 Å². The Morgan fingerprint density at radius 2 is 1.00 bits per heavy atom. The Kier molecular flexibility index (Phi) is 15.1. The number of carbonyl (C=O) groups is 5. The molecule has 0 spiro atoms. The molecule has 25 heteroatoms. The van der Waals surface area contributed by atoms with E-state index in [1.165, 1.54) is 6.92 Å². The normalized spacial score (nSPS) is 18.2. The zero-order valence-electron chi connectivity index (χ0n) is 35.5. The molecule has 0 bridgehead atoms. The molecule has 5 rings (SSSR count). The van der Waals surface area contributed by atoms with Crippen molar-refractivity contribution in [3.05, 3.63) is 117 Å². The van der Waals surface area contributed by atoms with Crippen LogP contribution >= 0.6 is 0 Å². The van der Waals surface area contributed by atoms with E-state index in [2.05, 4.69) is 6.58 Å². The number of aliphatic hydroxyl groups is 4. The molecule has 0 amide bonds. The van der Waals surface area contributed by atoms with Gasteiger partial charge in [-0.2, -0.15) is 0 Å². The van der Waals surface area contributed by atoms with E-state index in [-0.39, 0.29) is 11.1 Å². The average molecular weight is 969 g/mol. The topological polar surface area (TPSA) is 424 Å². The van der Waals surface area contributed by atoms with Gasteiger partial charge in [-0.25, -0.2) is 24.0 Å². The number of allylic oxidation sites excluding steroid dienone is 1. The van der Waals surface area contributed by atoms with Gasteiger partial charge in [-0.3, -0.25) is 0 Å². The van der Waals surface area contributed by atoms with Crippen LogP contribution in [0.15, 0.2) is 84.0 Å². The van der Waals surface area contributed by atoms with Gasteiger partial charge >= 0.3 is 29.8 Å². The van der Waals surface area contributed by atoms with E-state index in [0.29, 0.717) is 36.4 Å². The van der Waals surface area contributed by atoms with Gasteiger partial charge in [-0.15, -0.1) is 0 Å². The summed E-state index contributed by atoms with van der Waals surface area (Å²) >= 11 is 0. The fourth-order valence-electron chi connectivity index (χ4n) is 6.15. The predicted octanol–water partition coefficient (Wildman–Crippen LogP) is 2.99. The molecule has 5 atom stereocenters. The molecular formula is C44H40O25. The van der Waals surface area contributed by atoms with Gasteiger partial charge in [-0.05, 0) is 68.5 Å². The van der Waals surface area contributed by atoms with Gasteiger partial charge in [0.1, 0.15) is 30.0 Å². The van der Waals surface area contributed by atoms with Gasteiger partial charge in [-0.1, -0.05) is 6.58 Å². The van der Waals surface area contributed by atoms with Crippen LogP contribution in [0.4, 0.5) is 0 Å². The molecule has 2 unspecified atom stereocenters. The van der Waals surface area contributed by atoms with Gasteiger partial charge in [0, 0.05) is 11.1 Å². The van der Waals surface area contributed by atoms with E-state index >= 15 is 0 Å². The lowest BCUT2D eigenvalue weighted by Gasteiger charge is -2.44. The molecule has 4 aromatic carbocycles. The molecule has 0 radical (unpaired) electrons. The molecular weight excluding hydrogens is 928 g/mol. The summed E-state index contributed by atoms with van der Waals surface area (Å²) in [5, 5.41) is 141. The van der Waals surface area contributed by atoms with E-state index in [1.54, 1.807) is 0 Å². The number of benzene rings is 4. The van der Waals surface area contributed by atoms with E-state index < -0.39 is 176 Å². The zero-order valence-corrected chi connectivity index (χ0v) is 35.5. The molecule has 366 valence electrons. The minimum absolute atomic E-state index is 0.128. The number of ether oxygens (including phenoxy) is 6. The summed E-state index contributed by atoms with van der Waals surface area (Å²) in [5.74, 6) is -20.5. The monoisotopic (exact) mass is 968 g/mol. The van der Waals surface area contributed by atoms with Crippen LogP contribution in [0.5, 0.6) is 57.5 Å². The lowest BCUT2D eigenvalue weighted by Crippen LogP contribution is -2.63. The van der Waals surface area contributed by atoms with E-state index in [4.69, 9.17) is 28.4 Å². The fourth-order valence-corrected chi connectivity index (χ4v) is 6.15. The standard InChI is InChI=1S/C44H40O25/c1-15(4-25(49)32(55)17(3)46)39(59)66-36-31(14-64-40(60)18-5-22(13-45)33(56)26(50)8-18)65-44(69-43(63)21-11-29(53)35(58)30(54)12-21)38(68-42(62)20-9-27(51)34(57)28(52)10-20)37(36)67-41(61)19-6-23(47)16(2)24(48)7-19/h4-12,31,36-38,44-58H,1,13-14H2,2-3H3/b25-4+,32-17-/t31?,36-,37?,38+,44+/m1/s1. The Labute approximate surface area is 385 Å². The maximum atomic E-state index is 14.0. The number of hydrogen-bond acceptors (Lipinski definition) is 25. The third kappa shape index (κ3) is 11.2. The number of carbonyl (C=O) groups excluding carboxylic acids is 5. The quantitative estimate of drug-likeness (QED) is 0.0216. The number of phenolic OH excluding ortho intramolecular Hbond substituents is 9. The molecule has 25 nitrogen and oxygen atoms in total. The summed E-state index contributed by atoms with van der Waals surface area (Å²) in [6.07, 6.45) is -11.5. The summed E-state index contributed by atoms with van der Waals surface area (Å²) in [4.78, 5) is 68.8. The van der Waals surface area contributed by atoms with Crippen LogP contribution < -0.4 is 0 Å². The number of hydrogen-bond donors (Lipinski definition) is 14. The second kappa shape index (κ2) is 20.5. The summed E-state index contributed by atoms with van der Waals surface area (Å²) in [6.45, 7) is 3.50. The van der Waals surface area contributed by atoms with Crippen molar-refractivity contribution in [3.8, 4) is 57.5 Å². The van der Waals surface area contributed by atoms with Crippen LogP contribution in [0.1, 0.15) is 59.5 Å². The van der Waals surface area contributed by atoms with Crippen molar-refractivity contribution >= 4 is 29.8 Å². The molecule has 0 saturated carbocycles. The van der Waals surface area contributed by atoms with Crippen molar-refractivity contribution in [1.82, 2.24) is 0 Å². The minimum atomic E-state index is -2.52. The SMILES string of the molecule is C=C(/C=C(O)\C(O)=C(/C)O)C(=O)O[C@@H]1C(COC(=O)c2cc(O)c(O)c(CO)c2)O[C@@H](OC(=O)c2cc(O)c(O)c(O)c2)[C@@H](OC(=O)c2cc(O)c(O)c(O)c2)C1OC(=O)c1cc(O)c(C)c(O)c1. The zero-order chi connectivity index (χ0) is 51.3. The molecule has 4 aromatic rings. The second-order valence-corrected chi connectivity index (χ2v) is 14.7. The number of aromatic hydroxyl groups is 10. The molecule has 14 N–H and O–H groups in total. The first-order valence-corrected chi connectivity index (χ1v) is 19.4. The highest BCUT2D eigenvalue weighted by atomic mass is 16.7. The first-order chi connectivity index (χ1) is 32.3. The van der Waals surface area contributed by atoms with Crippen LogP contribution in [0, 0.1) is 6.92 Å². The highest BCUT2D eigenvalue weighted by Crippen LogP contribution is 2.39. The molecule has 1 heterocycles. The van der Waals surface area contributed by atoms with Gasteiger partial charge in [0.2, 0.25) is 12.4 Å².